The molecular formula is C18H22N2O. The van der Waals surface area contributed by atoms with E-state index in [1.165, 1.54) is 0 Å². The maximum atomic E-state index is 12.4. The van der Waals surface area contributed by atoms with Gasteiger partial charge in [-0.05, 0) is 41.7 Å². The van der Waals surface area contributed by atoms with Crippen molar-refractivity contribution in [2.75, 3.05) is 11.1 Å². The molecule has 2 aromatic rings. The Kier molecular flexibility index (Phi) is 4.03. The fourth-order valence-corrected chi connectivity index (χ4v) is 2.22. The van der Waals surface area contributed by atoms with E-state index in [-0.39, 0.29) is 11.3 Å². The summed E-state index contributed by atoms with van der Waals surface area (Å²) in [5.41, 5.74) is 9.97. The molecule has 0 spiro atoms. The third-order valence-electron chi connectivity index (χ3n) is 3.52. The van der Waals surface area contributed by atoms with Crippen LogP contribution in [0.2, 0.25) is 0 Å². The summed E-state index contributed by atoms with van der Waals surface area (Å²) >= 11 is 0. The van der Waals surface area contributed by atoms with Gasteiger partial charge in [0.2, 0.25) is 0 Å². The predicted molar refractivity (Wildman–Crippen MR) is 88.7 cm³/mol. The molecule has 0 aromatic heterocycles. The number of nitrogens with two attached hydrogens (primary N) is 1. The third kappa shape index (κ3) is 3.43. The van der Waals surface area contributed by atoms with Crippen LogP contribution in [0.4, 0.5) is 11.4 Å². The van der Waals surface area contributed by atoms with Crippen molar-refractivity contribution < 1.29 is 4.79 Å². The zero-order valence-electron chi connectivity index (χ0n) is 13.0. The van der Waals surface area contributed by atoms with Gasteiger partial charge in [-0.25, -0.2) is 0 Å². The smallest absolute Gasteiger partial charge is 0.255 e. The second-order valence-electron chi connectivity index (χ2n) is 6.32. The summed E-state index contributed by atoms with van der Waals surface area (Å²) in [7, 11) is 0. The van der Waals surface area contributed by atoms with Gasteiger partial charge in [0.15, 0.2) is 0 Å². The molecule has 0 radical (unpaired) electrons. The van der Waals surface area contributed by atoms with Crippen molar-refractivity contribution >= 4 is 17.3 Å². The molecule has 0 saturated carbocycles. The van der Waals surface area contributed by atoms with Crippen molar-refractivity contribution in [1.82, 2.24) is 0 Å². The van der Waals surface area contributed by atoms with Gasteiger partial charge in [0.05, 0.1) is 0 Å². The first-order chi connectivity index (χ1) is 9.79. The van der Waals surface area contributed by atoms with E-state index in [1.807, 2.05) is 37.3 Å². The molecule has 2 rings (SSSR count). The highest BCUT2D eigenvalue weighted by Crippen LogP contribution is 2.29. The lowest BCUT2D eigenvalue weighted by molar-refractivity contribution is 0.102. The van der Waals surface area contributed by atoms with Crippen LogP contribution < -0.4 is 11.1 Å². The summed E-state index contributed by atoms with van der Waals surface area (Å²) < 4.78 is 0. The standard InChI is InChI=1S/C18H22N2O/c1-12-9-10-13(11-15(12)19)17(21)20-16-8-6-5-7-14(16)18(2,3)4/h5-11H,19H2,1-4H3,(H,20,21). The zero-order chi connectivity index (χ0) is 15.6. The average molecular weight is 282 g/mol. The SMILES string of the molecule is Cc1ccc(C(=O)Nc2ccccc2C(C)(C)C)cc1N. The van der Waals surface area contributed by atoms with E-state index in [2.05, 4.69) is 26.1 Å². The molecular weight excluding hydrogens is 260 g/mol. The number of carbonyl (C=O) groups is 1. The van der Waals surface area contributed by atoms with E-state index in [0.29, 0.717) is 11.3 Å². The molecule has 21 heavy (non-hydrogen) atoms. The lowest BCUT2D eigenvalue weighted by Crippen LogP contribution is -2.18. The number of hydrogen-bond acceptors (Lipinski definition) is 2. The van der Waals surface area contributed by atoms with Gasteiger partial charge in [-0.1, -0.05) is 45.0 Å². The third-order valence-corrected chi connectivity index (χ3v) is 3.52. The average Bonchev–Trinajstić information content (AvgIpc) is 2.41. The van der Waals surface area contributed by atoms with Crippen molar-refractivity contribution in [3.05, 3.63) is 59.2 Å². The molecule has 110 valence electrons. The first kappa shape index (κ1) is 15.1. The highest BCUT2D eigenvalue weighted by molar-refractivity contribution is 6.05. The Bertz CT molecular complexity index is 669. The fourth-order valence-electron chi connectivity index (χ4n) is 2.22. The number of rotatable bonds is 2. The van der Waals surface area contributed by atoms with Gasteiger partial charge in [0.1, 0.15) is 0 Å². The van der Waals surface area contributed by atoms with Crippen molar-refractivity contribution in [2.24, 2.45) is 0 Å². The largest absolute Gasteiger partial charge is 0.398 e. The molecule has 0 aliphatic carbocycles. The molecule has 0 unspecified atom stereocenters. The molecule has 0 bridgehead atoms. The van der Waals surface area contributed by atoms with Crippen LogP contribution in [-0.4, -0.2) is 5.91 Å². The summed E-state index contributed by atoms with van der Waals surface area (Å²) in [6.45, 7) is 8.30. The van der Waals surface area contributed by atoms with Gasteiger partial charge in [0, 0.05) is 16.9 Å². The Hall–Kier alpha value is -2.29. The minimum absolute atomic E-state index is 0.0316. The van der Waals surface area contributed by atoms with Crippen LogP contribution >= 0.6 is 0 Å². The van der Waals surface area contributed by atoms with Gasteiger partial charge < -0.3 is 11.1 Å². The maximum absolute atomic E-state index is 12.4. The van der Waals surface area contributed by atoms with Gasteiger partial charge in [0.25, 0.3) is 5.91 Å². The Morgan fingerprint density at radius 1 is 1.10 bits per heavy atom. The van der Waals surface area contributed by atoms with Crippen LogP contribution in [0.3, 0.4) is 0 Å². The van der Waals surface area contributed by atoms with Crippen molar-refractivity contribution in [2.45, 2.75) is 33.1 Å². The van der Waals surface area contributed by atoms with Crippen LogP contribution in [0.25, 0.3) is 0 Å². The maximum Gasteiger partial charge on any atom is 0.255 e. The first-order valence-electron chi connectivity index (χ1n) is 7.06. The van der Waals surface area contributed by atoms with Crippen molar-refractivity contribution in [3.63, 3.8) is 0 Å². The molecule has 0 heterocycles. The van der Waals surface area contributed by atoms with Gasteiger partial charge >= 0.3 is 0 Å². The van der Waals surface area contributed by atoms with Gasteiger partial charge in [-0.2, -0.15) is 0 Å². The number of aryl methyl sites for hydroxylation is 1. The second-order valence-corrected chi connectivity index (χ2v) is 6.32. The molecule has 0 saturated heterocycles. The molecule has 0 aliphatic heterocycles. The second kappa shape index (κ2) is 5.60. The number of nitrogens with one attached hydrogen (secondary N) is 1. The minimum Gasteiger partial charge on any atom is -0.398 e. The van der Waals surface area contributed by atoms with E-state index >= 15 is 0 Å². The van der Waals surface area contributed by atoms with Gasteiger partial charge in [-0.15, -0.1) is 0 Å². The summed E-state index contributed by atoms with van der Waals surface area (Å²) in [4.78, 5) is 12.4. The number of carbonyl (C=O) groups excluding carboxylic acids is 1. The monoisotopic (exact) mass is 282 g/mol. The molecule has 3 nitrogen and oxygen atoms in total. The fraction of sp³-hybridized carbons (Fsp3) is 0.278. The predicted octanol–water partition coefficient (Wildman–Crippen LogP) is 4.13. The molecule has 3 N–H and O–H groups in total. The number of amides is 1. The van der Waals surface area contributed by atoms with E-state index in [9.17, 15) is 4.79 Å². The van der Waals surface area contributed by atoms with Crippen molar-refractivity contribution in [1.29, 1.82) is 0 Å². The molecule has 0 fully saturated rings. The minimum atomic E-state index is -0.140. The lowest BCUT2D eigenvalue weighted by atomic mass is 9.86. The Balaban J connectivity index is 2.30. The topological polar surface area (TPSA) is 55.1 Å². The van der Waals surface area contributed by atoms with E-state index in [0.717, 1.165) is 16.8 Å². The summed E-state index contributed by atoms with van der Waals surface area (Å²) in [6, 6.07) is 13.2. The number of benzene rings is 2. The van der Waals surface area contributed by atoms with Gasteiger partial charge in [-0.3, -0.25) is 4.79 Å². The highest BCUT2D eigenvalue weighted by Gasteiger charge is 2.19. The van der Waals surface area contributed by atoms with E-state index in [4.69, 9.17) is 5.73 Å². The zero-order valence-corrected chi connectivity index (χ0v) is 13.0. The summed E-state index contributed by atoms with van der Waals surface area (Å²) in [5, 5.41) is 2.99. The number of anilines is 2. The lowest BCUT2D eigenvalue weighted by Gasteiger charge is -2.23. The quantitative estimate of drug-likeness (QED) is 0.814. The summed E-state index contributed by atoms with van der Waals surface area (Å²) in [5.74, 6) is -0.140. The normalized spacial score (nSPS) is 11.2. The van der Waals surface area contributed by atoms with Crippen LogP contribution in [0.15, 0.2) is 42.5 Å². The molecule has 2 aromatic carbocycles. The Morgan fingerprint density at radius 3 is 2.38 bits per heavy atom. The number of para-hydroxylation sites is 1. The Labute approximate surface area is 126 Å². The Morgan fingerprint density at radius 2 is 1.76 bits per heavy atom. The molecule has 0 aliphatic rings. The number of hydrogen-bond donors (Lipinski definition) is 2. The molecule has 1 amide bonds. The van der Waals surface area contributed by atoms with Crippen molar-refractivity contribution in [3.8, 4) is 0 Å². The van der Waals surface area contributed by atoms with Crippen LogP contribution in [0, 0.1) is 6.92 Å². The molecule has 0 atom stereocenters. The van der Waals surface area contributed by atoms with Crippen LogP contribution in [-0.2, 0) is 5.41 Å². The molecule has 3 heteroatoms. The first-order valence-corrected chi connectivity index (χ1v) is 7.06. The van der Waals surface area contributed by atoms with E-state index < -0.39 is 0 Å². The van der Waals surface area contributed by atoms with Crippen LogP contribution in [0.5, 0.6) is 0 Å². The van der Waals surface area contributed by atoms with E-state index in [1.54, 1.807) is 12.1 Å². The number of nitrogen functional groups attached to an aromatic ring is 1. The highest BCUT2D eigenvalue weighted by atomic mass is 16.1. The van der Waals surface area contributed by atoms with Crippen LogP contribution in [0.1, 0.15) is 42.3 Å². The summed E-state index contributed by atoms with van der Waals surface area (Å²) in [6.07, 6.45) is 0.